The first-order valence-corrected chi connectivity index (χ1v) is 8.60. The highest BCUT2D eigenvalue weighted by atomic mass is 79.9. The van der Waals surface area contributed by atoms with Crippen LogP contribution in [0.25, 0.3) is 0 Å². The summed E-state index contributed by atoms with van der Waals surface area (Å²) in [6.07, 6.45) is 1.01. The highest BCUT2D eigenvalue weighted by Gasteiger charge is 2.33. The fourth-order valence-corrected chi connectivity index (χ4v) is 3.81. The van der Waals surface area contributed by atoms with Crippen LogP contribution in [0, 0.1) is 11.8 Å². The summed E-state index contributed by atoms with van der Waals surface area (Å²) in [6, 6.07) is 2.36. The SMILES string of the molecule is CC1CC1CNS(=O)(=O)c1cc(Br)c(Cl)c(C(=O)O)c1. The minimum atomic E-state index is -3.74. The van der Waals surface area contributed by atoms with Gasteiger partial charge in [-0.2, -0.15) is 0 Å². The second-order valence-electron chi connectivity index (χ2n) is 4.90. The van der Waals surface area contributed by atoms with Gasteiger partial charge in [0.1, 0.15) is 0 Å². The highest BCUT2D eigenvalue weighted by molar-refractivity contribution is 9.10. The first kappa shape index (κ1) is 15.8. The second kappa shape index (κ2) is 5.63. The molecule has 5 nitrogen and oxygen atoms in total. The zero-order valence-electron chi connectivity index (χ0n) is 10.6. The van der Waals surface area contributed by atoms with Crippen LogP contribution in [0.5, 0.6) is 0 Å². The number of hydrogen-bond acceptors (Lipinski definition) is 3. The number of carboxylic acid groups (broad SMARTS) is 1. The summed E-state index contributed by atoms with van der Waals surface area (Å²) in [5.74, 6) is -0.382. The Balaban J connectivity index is 2.29. The monoisotopic (exact) mass is 381 g/mol. The van der Waals surface area contributed by atoms with E-state index in [2.05, 4.69) is 27.6 Å². The topological polar surface area (TPSA) is 83.5 Å². The Bertz CT molecular complexity index is 662. The molecule has 1 aliphatic rings. The van der Waals surface area contributed by atoms with Gasteiger partial charge in [0, 0.05) is 11.0 Å². The van der Waals surface area contributed by atoms with Gasteiger partial charge >= 0.3 is 5.97 Å². The largest absolute Gasteiger partial charge is 0.478 e. The second-order valence-corrected chi connectivity index (χ2v) is 7.90. The van der Waals surface area contributed by atoms with Crippen LogP contribution in [0.1, 0.15) is 23.7 Å². The molecule has 110 valence electrons. The molecule has 0 aromatic heterocycles. The van der Waals surface area contributed by atoms with Gasteiger partial charge in [-0.05, 0) is 46.3 Å². The predicted octanol–water partition coefficient (Wildman–Crippen LogP) is 2.74. The molecule has 20 heavy (non-hydrogen) atoms. The first-order valence-electron chi connectivity index (χ1n) is 5.94. The lowest BCUT2D eigenvalue weighted by atomic mass is 10.2. The summed E-state index contributed by atoms with van der Waals surface area (Å²) in [7, 11) is -3.74. The predicted molar refractivity (Wildman–Crippen MR) is 78.6 cm³/mol. The molecule has 0 aliphatic heterocycles. The molecule has 1 saturated carbocycles. The Kier molecular flexibility index (Phi) is 4.44. The van der Waals surface area contributed by atoms with Crippen molar-refractivity contribution in [3.63, 3.8) is 0 Å². The quantitative estimate of drug-likeness (QED) is 0.820. The average Bonchev–Trinajstić information content (AvgIpc) is 3.06. The maximum atomic E-state index is 12.1. The maximum Gasteiger partial charge on any atom is 0.337 e. The number of aromatic carboxylic acids is 1. The van der Waals surface area contributed by atoms with Crippen molar-refractivity contribution < 1.29 is 18.3 Å². The lowest BCUT2D eigenvalue weighted by molar-refractivity contribution is 0.0696. The van der Waals surface area contributed by atoms with Crippen LogP contribution in [0.15, 0.2) is 21.5 Å². The molecular formula is C12H13BrClNO4S. The average molecular weight is 383 g/mol. The third-order valence-electron chi connectivity index (χ3n) is 3.35. The molecule has 0 heterocycles. The van der Waals surface area contributed by atoms with Crippen LogP contribution < -0.4 is 4.72 Å². The molecule has 2 atom stereocenters. The number of carbonyl (C=O) groups is 1. The Labute approximate surface area is 130 Å². The van der Waals surface area contributed by atoms with Crippen LogP contribution in [-0.2, 0) is 10.0 Å². The van der Waals surface area contributed by atoms with Crippen LogP contribution >= 0.6 is 27.5 Å². The van der Waals surface area contributed by atoms with Gasteiger partial charge in [-0.1, -0.05) is 18.5 Å². The fourth-order valence-electron chi connectivity index (χ4n) is 1.86. The molecule has 2 unspecified atom stereocenters. The number of benzene rings is 1. The smallest absolute Gasteiger partial charge is 0.337 e. The molecular weight excluding hydrogens is 370 g/mol. The van der Waals surface area contributed by atoms with Crippen molar-refractivity contribution in [2.45, 2.75) is 18.2 Å². The van der Waals surface area contributed by atoms with Gasteiger partial charge in [-0.15, -0.1) is 0 Å². The summed E-state index contributed by atoms with van der Waals surface area (Å²) < 4.78 is 27.0. The molecule has 2 N–H and O–H groups in total. The van der Waals surface area contributed by atoms with Crippen LogP contribution in [-0.4, -0.2) is 26.0 Å². The first-order chi connectivity index (χ1) is 9.22. The molecule has 0 radical (unpaired) electrons. The number of halogens is 2. The minimum absolute atomic E-state index is 0.0211. The zero-order valence-corrected chi connectivity index (χ0v) is 13.7. The van der Waals surface area contributed by atoms with Crippen molar-refractivity contribution in [2.24, 2.45) is 11.8 Å². The third kappa shape index (κ3) is 3.33. The lowest BCUT2D eigenvalue weighted by Crippen LogP contribution is -2.26. The van der Waals surface area contributed by atoms with Crippen molar-refractivity contribution in [3.8, 4) is 0 Å². The summed E-state index contributed by atoms with van der Waals surface area (Å²) in [4.78, 5) is 10.9. The van der Waals surface area contributed by atoms with E-state index in [0.29, 0.717) is 18.4 Å². The third-order valence-corrected chi connectivity index (χ3v) is 6.02. The Morgan fingerprint density at radius 1 is 1.55 bits per heavy atom. The minimum Gasteiger partial charge on any atom is -0.478 e. The molecule has 1 aromatic rings. The number of nitrogens with one attached hydrogen (secondary N) is 1. The molecule has 8 heteroatoms. The number of sulfonamides is 1. The summed E-state index contributed by atoms with van der Waals surface area (Å²) in [5.41, 5.74) is -0.249. The van der Waals surface area contributed by atoms with Crippen molar-refractivity contribution in [1.29, 1.82) is 0 Å². The maximum absolute atomic E-state index is 12.1. The van der Waals surface area contributed by atoms with E-state index in [1.54, 1.807) is 0 Å². The number of carboxylic acids is 1. The fraction of sp³-hybridized carbons (Fsp3) is 0.417. The van der Waals surface area contributed by atoms with Crippen LogP contribution in [0.2, 0.25) is 5.02 Å². The Morgan fingerprint density at radius 3 is 2.65 bits per heavy atom. The number of rotatable bonds is 5. The standard InChI is InChI=1S/C12H13BrClNO4S/c1-6-2-7(6)5-15-20(18,19)8-3-9(12(16)17)11(14)10(13)4-8/h3-4,6-7,15H,2,5H2,1H3,(H,16,17). The van der Waals surface area contributed by atoms with Crippen molar-refractivity contribution in [1.82, 2.24) is 4.72 Å². The van der Waals surface area contributed by atoms with Crippen molar-refractivity contribution in [3.05, 3.63) is 27.2 Å². The molecule has 0 saturated heterocycles. The summed E-state index contributed by atoms with van der Waals surface area (Å²) >= 11 is 8.90. The van der Waals surface area contributed by atoms with Gasteiger partial charge in [0.25, 0.3) is 0 Å². The van der Waals surface area contributed by atoms with Gasteiger partial charge in [-0.3, -0.25) is 0 Å². The molecule has 1 fully saturated rings. The summed E-state index contributed by atoms with van der Waals surface area (Å²) in [6.45, 7) is 2.42. The molecule has 1 aliphatic carbocycles. The van der Waals surface area contributed by atoms with Gasteiger partial charge in [0.05, 0.1) is 15.5 Å². The van der Waals surface area contributed by atoms with Crippen molar-refractivity contribution >= 4 is 43.5 Å². The van der Waals surface area contributed by atoms with Gasteiger partial charge in [0.15, 0.2) is 0 Å². The Morgan fingerprint density at radius 2 is 2.15 bits per heavy atom. The van der Waals surface area contributed by atoms with Crippen molar-refractivity contribution in [2.75, 3.05) is 6.54 Å². The Hall–Kier alpha value is -0.630. The van der Waals surface area contributed by atoms with E-state index in [1.165, 1.54) is 6.07 Å². The molecule has 0 amide bonds. The van der Waals surface area contributed by atoms with E-state index < -0.39 is 16.0 Å². The van der Waals surface area contributed by atoms with Gasteiger partial charge < -0.3 is 5.11 Å². The molecule has 1 aromatic carbocycles. The van der Waals surface area contributed by atoms with E-state index in [4.69, 9.17) is 16.7 Å². The summed E-state index contributed by atoms with van der Waals surface area (Å²) in [5, 5.41) is 9.00. The van der Waals surface area contributed by atoms with E-state index >= 15 is 0 Å². The lowest BCUT2D eigenvalue weighted by Gasteiger charge is -2.09. The van der Waals surface area contributed by atoms with E-state index in [1.807, 2.05) is 0 Å². The number of hydrogen-bond donors (Lipinski definition) is 2. The van der Waals surface area contributed by atoms with Crippen LogP contribution in [0.3, 0.4) is 0 Å². The molecule has 0 spiro atoms. The van der Waals surface area contributed by atoms with E-state index in [9.17, 15) is 13.2 Å². The van der Waals surface area contributed by atoms with E-state index in [-0.39, 0.29) is 20.0 Å². The van der Waals surface area contributed by atoms with Gasteiger partial charge in [0.2, 0.25) is 10.0 Å². The zero-order chi connectivity index (χ0) is 15.1. The molecule has 2 rings (SSSR count). The molecule has 0 bridgehead atoms. The van der Waals surface area contributed by atoms with Gasteiger partial charge in [-0.25, -0.2) is 17.9 Å². The van der Waals surface area contributed by atoms with Crippen LogP contribution in [0.4, 0.5) is 0 Å². The normalized spacial score (nSPS) is 21.8. The highest BCUT2D eigenvalue weighted by Crippen LogP contribution is 2.37. The van der Waals surface area contributed by atoms with E-state index in [0.717, 1.165) is 12.5 Å².